The molecule has 0 spiro atoms. The number of rotatable bonds is 4. The average molecular weight is 246 g/mol. The number of carboxylic acid groups (broad SMARTS) is 1. The van der Waals surface area contributed by atoms with E-state index in [4.69, 9.17) is 5.11 Å². The molecule has 0 aromatic rings. The maximum Gasteiger partial charge on any atom is 0.326 e. The molecule has 6 heteroatoms. The summed E-state index contributed by atoms with van der Waals surface area (Å²) < 4.78 is 0. The topological polar surface area (TPSA) is 78.4 Å². The summed E-state index contributed by atoms with van der Waals surface area (Å²) in [7, 11) is 0. The molecule has 2 atom stereocenters. The number of amides is 2. The van der Waals surface area contributed by atoms with Crippen LogP contribution in [0.5, 0.6) is 0 Å². The number of hydrogen-bond acceptors (Lipinski definition) is 3. The third kappa shape index (κ3) is 4.30. The van der Waals surface area contributed by atoms with Crippen LogP contribution in [0.15, 0.2) is 0 Å². The molecule has 0 bridgehead atoms. The van der Waals surface area contributed by atoms with E-state index in [2.05, 4.69) is 10.6 Å². The Hall–Kier alpha value is -0.910. The van der Waals surface area contributed by atoms with E-state index in [1.54, 1.807) is 6.92 Å². The molecule has 0 radical (unpaired) electrons. The van der Waals surface area contributed by atoms with Gasteiger partial charge in [0, 0.05) is 11.8 Å². The maximum absolute atomic E-state index is 11.5. The van der Waals surface area contributed by atoms with Crippen LogP contribution in [-0.2, 0) is 4.79 Å². The fraction of sp³-hybridized carbons (Fsp3) is 0.800. The fourth-order valence-electron chi connectivity index (χ4n) is 1.58. The van der Waals surface area contributed by atoms with Gasteiger partial charge in [-0.2, -0.15) is 11.8 Å². The van der Waals surface area contributed by atoms with Crippen molar-refractivity contribution in [2.24, 2.45) is 0 Å². The first-order valence-corrected chi connectivity index (χ1v) is 6.66. The van der Waals surface area contributed by atoms with E-state index in [-0.39, 0.29) is 12.1 Å². The quantitative estimate of drug-likeness (QED) is 0.692. The minimum Gasteiger partial charge on any atom is -0.480 e. The summed E-state index contributed by atoms with van der Waals surface area (Å²) in [5.41, 5.74) is 0. The van der Waals surface area contributed by atoms with Crippen molar-refractivity contribution < 1.29 is 14.7 Å². The molecule has 1 rings (SSSR count). The van der Waals surface area contributed by atoms with Crippen LogP contribution in [0.25, 0.3) is 0 Å². The first kappa shape index (κ1) is 13.2. The summed E-state index contributed by atoms with van der Waals surface area (Å²) in [6.45, 7) is 1.73. The zero-order chi connectivity index (χ0) is 12.0. The van der Waals surface area contributed by atoms with Crippen molar-refractivity contribution in [2.45, 2.75) is 38.3 Å². The van der Waals surface area contributed by atoms with Gasteiger partial charge in [0.25, 0.3) is 0 Å². The predicted octanol–water partition coefficient (Wildman–Crippen LogP) is 1.04. The third-order valence-electron chi connectivity index (χ3n) is 2.51. The van der Waals surface area contributed by atoms with Crippen molar-refractivity contribution in [2.75, 3.05) is 11.5 Å². The fourth-order valence-corrected chi connectivity index (χ4v) is 2.65. The lowest BCUT2D eigenvalue weighted by Gasteiger charge is -2.23. The largest absolute Gasteiger partial charge is 0.480 e. The van der Waals surface area contributed by atoms with E-state index in [0.717, 1.165) is 24.3 Å². The number of thioether (sulfide) groups is 1. The SMILES string of the molecule is CC[C@@H](NC(=O)NC1CCCSC1)C(=O)O. The van der Waals surface area contributed by atoms with Gasteiger partial charge in [-0.1, -0.05) is 6.92 Å². The van der Waals surface area contributed by atoms with Crippen LogP contribution in [0.3, 0.4) is 0 Å². The van der Waals surface area contributed by atoms with Gasteiger partial charge in [-0.3, -0.25) is 0 Å². The van der Waals surface area contributed by atoms with Gasteiger partial charge in [0.1, 0.15) is 6.04 Å². The van der Waals surface area contributed by atoms with Crippen LogP contribution >= 0.6 is 11.8 Å². The molecule has 92 valence electrons. The molecule has 1 fully saturated rings. The molecule has 16 heavy (non-hydrogen) atoms. The van der Waals surface area contributed by atoms with Crippen LogP contribution in [0, 0.1) is 0 Å². The van der Waals surface area contributed by atoms with E-state index in [0.29, 0.717) is 6.42 Å². The number of aliphatic carboxylic acids is 1. The highest BCUT2D eigenvalue weighted by Crippen LogP contribution is 2.16. The maximum atomic E-state index is 11.5. The molecule has 0 aromatic heterocycles. The summed E-state index contributed by atoms with van der Waals surface area (Å²) in [5, 5.41) is 14.0. The van der Waals surface area contributed by atoms with Crippen molar-refractivity contribution in [3.8, 4) is 0 Å². The lowest BCUT2D eigenvalue weighted by molar-refractivity contribution is -0.139. The Bertz CT molecular complexity index is 254. The van der Waals surface area contributed by atoms with Crippen molar-refractivity contribution in [3.63, 3.8) is 0 Å². The van der Waals surface area contributed by atoms with Gasteiger partial charge < -0.3 is 15.7 Å². The molecular weight excluding hydrogens is 228 g/mol. The van der Waals surface area contributed by atoms with Crippen molar-refractivity contribution in [3.05, 3.63) is 0 Å². The van der Waals surface area contributed by atoms with E-state index >= 15 is 0 Å². The molecule has 1 aliphatic rings. The second-order valence-corrected chi connectivity index (χ2v) is 4.98. The van der Waals surface area contributed by atoms with Gasteiger partial charge in [0.2, 0.25) is 0 Å². The van der Waals surface area contributed by atoms with Crippen molar-refractivity contribution in [1.29, 1.82) is 0 Å². The molecule has 0 aromatic carbocycles. The first-order valence-electron chi connectivity index (χ1n) is 5.51. The smallest absolute Gasteiger partial charge is 0.326 e. The minimum absolute atomic E-state index is 0.171. The van der Waals surface area contributed by atoms with Crippen LogP contribution in [0.4, 0.5) is 4.79 Å². The highest BCUT2D eigenvalue weighted by Gasteiger charge is 2.20. The number of urea groups is 1. The lowest BCUT2D eigenvalue weighted by Crippen LogP contribution is -2.49. The number of nitrogens with one attached hydrogen (secondary N) is 2. The lowest BCUT2D eigenvalue weighted by atomic mass is 10.2. The van der Waals surface area contributed by atoms with Gasteiger partial charge in [0.05, 0.1) is 0 Å². The Balaban J connectivity index is 2.31. The van der Waals surface area contributed by atoms with E-state index < -0.39 is 12.0 Å². The second kappa shape index (κ2) is 6.62. The average Bonchev–Trinajstić information content (AvgIpc) is 2.27. The van der Waals surface area contributed by atoms with E-state index in [1.165, 1.54) is 0 Å². The summed E-state index contributed by atoms with van der Waals surface area (Å²) >= 11 is 1.82. The Morgan fingerprint density at radius 2 is 2.31 bits per heavy atom. The zero-order valence-corrected chi connectivity index (χ0v) is 10.2. The van der Waals surface area contributed by atoms with Crippen LogP contribution in [0.2, 0.25) is 0 Å². The van der Waals surface area contributed by atoms with Gasteiger partial charge in [-0.25, -0.2) is 9.59 Å². The van der Waals surface area contributed by atoms with Gasteiger partial charge >= 0.3 is 12.0 Å². The molecule has 1 saturated heterocycles. The predicted molar refractivity (Wildman–Crippen MR) is 63.7 cm³/mol. The zero-order valence-electron chi connectivity index (χ0n) is 9.36. The molecule has 1 aliphatic heterocycles. The molecule has 2 amide bonds. The summed E-state index contributed by atoms with van der Waals surface area (Å²) in [6, 6.07) is -0.997. The Morgan fingerprint density at radius 1 is 1.56 bits per heavy atom. The third-order valence-corrected chi connectivity index (χ3v) is 3.72. The molecule has 1 unspecified atom stereocenters. The standard InChI is InChI=1S/C10H18N2O3S/c1-2-8(9(13)14)12-10(15)11-7-4-3-5-16-6-7/h7-8H,2-6H2,1H3,(H,13,14)(H2,11,12,15)/t7?,8-/m1/s1. The van der Waals surface area contributed by atoms with Crippen LogP contribution < -0.4 is 10.6 Å². The Labute approximate surface area is 99.4 Å². The monoisotopic (exact) mass is 246 g/mol. The molecular formula is C10H18N2O3S. The Kier molecular flexibility index (Phi) is 5.45. The molecule has 0 aliphatic carbocycles. The highest BCUT2D eigenvalue weighted by atomic mass is 32.2. The van der Waals surface area contributed by atoms with Gasteiger partial charge in [-0.05, 0) is 25.0 Å². The summed E-state index contributed by atoms with van der Waals surface area (Å²) in [4.78, 5) is 22.2. The number of carbonyl (C=O) groups excluding carboxylic acids is 1. The Morgan fingerprint density at radius 3 is 2.81 bits per heavy atom. The van der Waals surface area contributed by atoms with Crippen molar-refractivity contribution >= 4 is 23.8 Å². The number of hydrogen-bond donors (Lipinski definition) is 3. The highest BCUT2D eigenvalue weighted by molar-refractivity contribution is 7.99. The normalized spacial score (nSPS) is 22.2. The number of carbonyl (C=O) groups is 2. The van der Waals surface area contributed by atoms with Crippen LogP contribution in [-0.4, -0.2) is 40.7 Å². The summed E-state index contributed by atoms with van der Waals surface area (Å²) in [5.74, 6) is 1.07. The van der Waals surface area contributed by atoms with Gasteiger partial charge in [0.15, 0.2) is 0 Å². The molecule has 1 heterocycles. The van der Waals surface area contributed by atoms with Gasteiger partial charge in [-0.15, -0.1) is 0 Å². The first-order chi connectivity index (χ1) is 7.63. The van der Waals surface area contributed by atoms with E-state index in [9.17, 15) is 9.59 Å². The molecule has 5 nitrogen and oxygen atoms in total. The van der Waals surface area contributed by atoms with E-state index in [1.807, 2.05) is 11.8 Å². The summed E-state index contributed by atoms with van der Waals surface area (Å²) in [6.07, 6.45) is 2.47. The van der Waals surface area contributed by atoms with Crippen molar-refractivity contribution in [1.82, 2.24) is 10.6 Å². The van der Waals surface area contributed by atoms with Crippen LogP contribution in [0.1, 0.15) is 26.2 Å². The molecule has 0 saturated carbocycles. The number of carboxylic acids is 1. The second-order valence-electron chi connectivity index (χ2n) is 3.83. The molecule has 3 N–H and O–H groups in total. The minimum atomic E-state index is -0.990.